The molecule has 1 rings (SSSR count). The molecule has 0 bridgehead atoms. The number of hydrogen-bond donors (Lipinski definition) is 0. The standard InChI is InChI=1S/C36H66/c1-5-7-8-9-10-11-12-13-14-15-16-17-18-19-20-21-22-23-24-25-26-27-34-28-30-35(31-29-34)32-36(6-2)33(3)4/h28-31,33,36H,5-27,32H2,1-4H3/t36-/m0/s1. The molecule has 210 valence electrons. The van der Waals surface area contributed by atoms with Gasteiger partial charge in [0.2, 0.25) is 0 Å². The van der Waals surface area contributed by atoms with E-state index >= 15 is 0 Å². The minimum atomic E-state index is 0.786. The summed E-state index contributed by atoms with van der Waals surface area (Å²) in [4.78, 5) is 0. The van der Waals surface area contributed by atoms with Crippen LogP contribution in [0.1, 0.15) is 180 Å². The zero-order valence-electron chi connectivity index (χ0n) is 25.4. The summed E-state index contributed by atoms with van der Waals surface area (Å²) < 4.78 is 0. The van der Waals surface area contributed by atoms with Gasteiger partial charge in [0, 0.05) is 0 Å². The van der Waals surface area contributed by atoms with Crippen molar-refractivity contribution in [3.63, 3.8) is 0 Å². The van der Waals surface area contributed by atoms with Gasteiger partial charge >= 0.3 is 0 Å². The van der Waals surface area contributed by atoms with Crippen molar-refractivity contribution >= 4 is 0 Å². The van der Waals surface area contributed by atoms with E-state index in [-0.39, 0.29) is 0 Å². The van der Waals surface area contributed by atoms with Crippen LogP contribution in [0.4, 0.5) is 0 Å². The molecular formula is C36H66. The first-order valence-corrected chi connectivity index (χ1v) is 16.7. The van der Waals surface area contributed by atoms with Crippen LogP contribution in [0.5, 0.6) is 0 Å². The van der Waals surface area contributed by atoms with E-state index in [9.17, 15) is 0 Å². The highest BCUT2D eigenvalue weighted by Gasteiger charge is 2.11. The van der Waals surface area contributed by atoms with Crippen LogP contribution < -0.4 is 0 Å². The molecule has 36 heavy (non-hydrogen) atoms. The van der Waals surface area contributed by atoms with Crippen LogP contribution in [0.25, 0.3) is 0 Å². The fourth-order valence-corrected chi connectivity index (χ4v) is 5.76. The molecule has 0 spiro atoms. The third kappa shape index (κ3) is 19.3. The number of rotatable bonds is 26. The highest BCUT2D eigenvalue weighted by Crippen LogP contribution is 2.21. The van der Waals surface area contributed by atoms with Gasteiger partial charge in [0.25, 0.3) is 0 Å². The SMILES string of the molecule is CCCCCCCCCCCCCCCCCCCCCCCc1ccc(C[C@H](CC)C(C)C)cc1. The van der Waals surface area contributed by atoms with E-state index in [1.54, 1.807) is 0 Å². The molecule has 0 nitrogen and oxygen atoms in total. The van der Waals surface area contributed by atoms with Gasteiger partial charge < -0.3 is 0 Å². The molecule has 0 aliphatic heterocycles. The minimum absolute atomic E-state index is 0.786. The Bertz CT molecular complexity index is 554. The molecule has 0 unspecified atom stereocenters. The molecule has 1 aromatic rings. The first-order valence-electron chi connectivity index (χ1n) is 16.7. The molecule has 0 N–H and O–H groups in total. The van der Waals surface area contributed by atoms with Crippen molar-refractivity contribution in [1.29, 1.82) is 0 Å². The molecule has 1 aromatic carbocycles. The molecule has 1 atom stereocenters. The lowest BCUT2D eigenvalue weighted by Crippen LogP contribution is -2.10. The Kier molecular flexibility index (Phi) is 22.7. The predicted octanol–water partition coefficient (Wildman–Crippen LogP) is 12.7. The van der Waals surface area contributed by atoms with E-state index in [4.69, 9.17) is 0 Å². The van der Waals surface area contributed by atoms with Crippen molar-refractivity contribution in [3.05, 3.63) is 35.4 Å². The molecule has 0 saturated heterocycles. The molecule has 0 heteroatoms. The highest BCUT2D eigenvalue weighted by molar-refractivity contribution is 5.23. The van der Waals surface area contributed by atoms with Crippen LogP contribution in [0.15, 0.2) is 24.3 Å². The van der Waals surface area contributed by atoms with Crippen molar-refractivity contribution < 1.29 is 0 Å². The van der Waals surface area contributed by atoms with Crippen molar-refractivity contribution in [1.82, 2.24) is 0 Å². The van der Waals surface area contributed by atoms with Crippen molar-refractivity contribution in [2.75, 3.05) is 0 Å². The minimum Gasteiger partial charge on any atom is -0.0654 e. The quantitative estimate of drug-likeness (QED) is 0.111. The number of aryl methyl sites for hydroxylation is 1. The first kappa shape index (κ1) is 33.2. The lowest BCUT2D eigenvalue weighted by molar-refractivity contribution is 0.371. The van der Waals surface area contributed by atoms with Crippen LogP contribution in [0.3, 0.4) is 0 Å². The second-order valence-electron chi connectivity index (χ2n) is 12.3. The van der Waals surface area contributed by atoms with Crippen LogP contribution in [-0.2, 0) is 12.8 Å². The maximum absolute atomic E-state index is 2.39. The van der Waals surface area contributed by atoms with Gasteiger partial charge in [-0.05, 0) is 42.2 Å². The van der Waals surface area contributed by atoms with Gasteiger partial charge in [-0.15, -0.1) is 0 Å². The van der Waals surface area contributed by atoms with E-state index in [0.717, 1.165) is 11.8 Å². The summed E-state index contributed by atoms with van der Waals surface area (Å²) in [5.41, 5.74) is 3.06. The van der Waals surface area contributed by atoms with Gasteiger partial charge in [0.05, 0.1) is 0 Å². The summed E-state index contributed by atoms with van der Waals surface area (Å²) >= 11 is 0. The molecule has 0 heterocycles. The summed E-state index contributed by atoms with van der Waals surface area (Å²) in [6, 6.07) is 9.55. The normalized spacial score (nSPS) is 12.5. The molecule has 0 fully saturated rings. The van der Waals surface area contributed by atoms with Crippen LogP contribution in [-0.4, -0.2) is 0 Å². The van der Waals surface area contributed by atoms with Gasteiger partial charge in [-0.1, -0.05) is 187 Å². The van der Waals surface area contributed by atoms with Gasteiger partial charge in [-0.25, -0.2) is 0 Å². The summed E-state index contributed by atoms with van der Waals surface area (Å²) in [5.74, 6) is 1.61. The van der Waals surface area contributed by atoms with Gasteiger partial charge in [0.15, 0.2) is 0 Å². The third-order valence-corrected chi connectivity index (χ3v) is 8.56. The van der Waals surface area contributed by atoms with Crippen LogP contribution in [0.2, 0.25) is 0 Å². The smallest absolute Gasteiger partial charge is 0.0248 e. The zero-order chi connectivity index (χ0) is 26.1. The second-order valence-corrected chi connectivity index (χ2v) is 12.3. The summed E-state index contributed by atoms with van der Waals surface area (Å²) in [6.45, 7) is 9.37. The van der Waals surface area contributed by atoms with Gasteiger partial charge in [0.1, 0.15) is 0 Å². The van der Waals surface area contributed by atoms with E-state index in [2.05, 4.69) is 52.0 Å². The fourth-order valence-electron chi connectivity index (χ4n) is 5.76. The molecule has 0 aliphatic rings. The molecule has 0 amide bonds. The Labute approximate surface area is 228 Å². The maximum Gasteiger partial charge on any atom is -0.0248 e. The molecule has 0 saturated carbocycles. The van der Waals surface area contributed by atoms with Gasteiger partial charge in [-0.2, -0.15) is 0 Å². The lowest BCUT2D eigenvalue weighted by Gasteiger charge is -2.19. The number of unbranched alkanes of at least 4 members (excludes halogenated alkanes) is 20. The van der Waals surface area contributed by atoms with Gasteiger partial charge in [-0.3, -0.25) is 0 Å². The average molecular weight is 499 g/mol. The van der Waals surface area contributed by atoms with Crippen LogP contribution in [0, 0.1) is 11.8 Å². The third-order valence-electron chi connectivity index (χ3n) is 8.56. The fraction of sp³-hybridized carbons (Fsp3) is 0.833. The maximum atomic E-state index is 2.39. The molecule has 0 aromatic heterocycles. The van der Waals surface area contributed by atoms with Crippen molar-refractivity contribution in [2.24, 2.45) is 11.8 Å². The summed E-state index contributed by atoms with van der Waals surface area (Å²) in [6.07, 6.45) is 34.4. The van der Waals surface area contributed by atoms with E-state index in [0.29, 0.717) is 0 Å². The Balaban J connectivity index is 1.82. The van der Waals surface area contributed by atoms with E-state index in [1.165, 1.54) is 165 Å². The lowest BCUT2D eigenvalue weighted by atomic mass is 9.87. The molecule has 0 aliphatic carbocycles. The predicted molar refractivity (Wildman–Crippen MR) is 165 cm³/mol. The average Bonchev–Trinajstić information content (AvgIpc) is 2.88. The Morgan fingerprint density at radius 1 is 0.444 bits per heavy atom. The largest absolute Gasteiger partial charge is 0.0654 e. The first-order chi connectivity index (χ1) is 17.7. The summed E-state index contributed by atoms with van der Waals surface area (Å²) in [5, 5.41) is 0. The number of hydrogen-bond acceptors (Lipinski definition) is 0. The zero-order valence-corrected chi connectivity index (χ0v) is 25.4. The highest BCUT2D eigenvalue weighted by atomic mass is 14.2. The van der Waals surface area contributed by atoms with Crippen LogP contribution >= 0.6 is 0 Å². The van der Waals surface area contributed by atoms with E-state index < -0.39 is 0 Å². The topological polar surface area (TPSA) is 0 Å². The number of benzene rings is 1. The van der Waals surface area contributed by atoms with Crippen molar-refractivity contribution in [3.8, 4) is 0 Å². The van der Waals surface area contributed by atoms with Crippen molar-refractivity contribution in [2.45, 2.75) is 182 Å². The Morgan fingerprint density at radius 2 is 0.778 bits per heavy atom. The monoisotopic (exact) mass is 499 g/mol. The Morgan fingerprint density at radius 3 is 1.11 bits per heavy atom. The molecule has 0 radical (unpaired) electrons. The Hall–Kier alpha value is -0.780. The molecular weight excluding hydrogens is 432 g/mol. The second kappa shape index (κ2) is 24.6. The van der Waals surface area contributed by atoms with E-state index in [1.807, 2.05) is 0 Å². The summed E-state index contributed by atoms with van der Waals surface area (Å²) in [7, 11) is 0.